The van der Waals surface area contributed by atoms with Gasteiger partial charge in [0.2, 0.25) is 0 Å². The third-order valence-corrected chi connectivity index (χ3v) is 7.04. The standard InChI is InChI=1S/C24H25ClN4O3S/c1-26-14-15-12-18(19(13-15)28-24(32)20-9-10-21(25)33-20)27-23(31)16-5-7-17(8-6-16)29-11-3-2-4-22(29)30/h2-11,15,18-19,26H,12-14H2,1H3,(H,27,31)(H,28,32)/t15-,18-,19-/m1/s1. The fourth-order valence-corrected chi connectivity index (χ4v) is 5.21. The molecule has 7 nitrogen and oxygen atoms in total. The van der Waals surface area contributed by atoms with Gasteiger partial charge in [-0.2, -0.15) is 0 Å². The van der Waals surface area contributed by atoms with Crippen LogP contribution in [0.1, 0.15) is 32.9 Å². The number of hydrogen-bond acceptors (Lipinski definition) is 5. The van der Waals surface area contributed by atoms with E-state index < -0.39 is 0 Å². The number of hydrogen-bond donors (Lipinski definition) is 3. The quantitative estimate of drug-likeness (QED) is 0.480. The number of carbonyl (C=O) groups is 2. The number of nitrogens with zero attached hydrogens (tertiary/aromatic N) is 1. The van der Waals surface area contributed by atoms with E-state index in [9.17, 15) is 14.4 Å². The first-order valence-corrected chi connectivity index (χ1v) is 11.9. The number of thiophene rings is 1. The monoisotopic (exact) mass is 484 g/mol. The van der Waals surface area contributed by atoms with E-state index in [1.807, 2.05) is 7.05 Å². The average molecular weight is 485 g/mol. The van der Waals surface area contributed by atoms with Gasteiger partial charge in [-0.15, -0.1) is 11.3 Å². The minimum Gasteiger partial charge on any atom is -0.347 e. The Hall–Kier alpha value is -2.94. The van der Waals surface area contributed by atoms with Gasteiger partial charge in [-0.25, -0.2) is 0 Å². The van der Waals surface area contributed by atoms with Crippen LogP contribution < -0.4 is 21.5 Å². The number of rotatable bonds is 7. The van der Waals surface area contributed by atoms with Gasteiger partial charge in [0.15, 0.2) is 0 Å². The lowest BCUT2D eigenvalue weighted by Gasteiger charge is -2.22. The molecule has 0 bridgehead atoms. The maximum atomic E-state index is 13.0. The van der Waals surface area contributed by atoms with E-state index in [1.165, 1.54) is 22.0 Å². The summed E-state index contributed by atoms with van der Waals surface area (Å²) in [6.45, 7) is 0.810. The zero-order valence-corrected chi connectivity index (χ0v) is 19.7. The maximum Gasteiger partial charge on any atom is 0.261 e. The molecule has 9 heteroatoms. The van der Waals surface area contributed by atoms with Crippen LogP contribution in [0.4, 0.5) is 0 Å². The van der Waals surface area contributed by atoms with Crippen molar-refractivity contribution in [2.75, 3.05) is 13.6 Å². The Morgan fingerprint density at radius 2 is 1.70 bits per heavy atom. The van der Waals surface area contributed by atoms with E-state index in [0.717, 1.165) is 19.4 Å². The summed E-state index contributed by atoms with van der Waals surface area (Å²) < 4.78 is 2.08. The first-order chi connectivity index (χ1) is 15.9. The van der Waals surface area contributed by atoms with Gasteiger partial charge in [0.05, 0.1) is 9.21 Å². The van der Waals surface area contributed by atoms with Crippen molar-refractivity contribution >= 4 is 34.8 Å². The third kappa shape index (κ3) is 5.52. The Bertz CT molecular complexity index is 1190. The van der Waals surface area contributed by atoms with E-state index in [4.69, 9.17) is 11.6 Å². The summed E-state index contributed by atoms with van der Waals surface area (Å²) in [4.78, 5) is 38.2. The molecular weight excluding hydrogens is 460 g/mol. The highest BCUT2D eigenvalue weighted by atomic mass is 35.5. The molecule has 1 saturated carbocycles. The van der Waals surface area contributed by atoms with Crippen LogP contribution in [0.15, 0.2) is 65.6 Å². The van der Waals surface area contributed by atoms with E-state index in [0.29, 0.717) is 26.4 Å². The zero-order valence-electron chi connectivity index (χ0n) is 18.1. The van der Waals surface area contributed by atoms with Crippen molar-refractivity contribution in [3.05, 3.63) is 85.9 Å². The normalized spacial score (nSPS) is 19.9. The fourth-order valence-electron chi connectivity index (χ4n) is 4.26. The Balaban J connectivity index is 1.45. The first kappa shape index (κ1) is 23.2. The van der Waals surface area contributed by atoms with Crippen molar-refractivity contribution in [2.24, 2.45) is 5.92 Å². The topological polar surface area (TPSA) is 92.2 Å². The maximum absolute atomic E-state index is 13.0. The molecule has 33 heavy (non-hydrogen) atoms. The summed E-state index contributed by atoms with van der Waals surface area (Å²) in [5.74, 6) is -0.0562. The van der Waals surface area contributed by atoms with Crippen LogP contribution in [0.3, 0.4) is 0 Å². The van der Waals surface area contributed by atoms with Gasteiger partial charge >= 0.3 is 0 Å². The van der Waals surface area contributed by atoms with Gasteiger partial charge in [-0.3, -0.25) is 19.0 Å². The van der Waals surface area contributed by atoms with Gasteiger partial charge in [0, 0.05) is 35.6 Å². The Kier molecular flexibility index (Phi) is 7.27. The second kappa shape index (κ2) is 10.3. The SMILES string of the molecule is CNC[C@@H]1C[C@@H](NC(=O)c2ccc(-n3ccccc3=O)cc2)[C@H](NC(=O)c2ccc(Cl)s2)C1. The number of pyridine rings is 1. The van der Waals surface area contributed by atoms with Crippen LogP contribution in [0.5, 0.6) is 0 Å². The summed E-state index contributed by atoms with van der Waals surface area (Å²) in [7, 11) is 1.90. The number of carbonyl (C=O) groups excluding carboxylic acids is 2. The van der Waals surface area contributed by atoms with Gasteiger partial charge in [0.25, 0.3) is 17.4 Å². The predicted octanol–water partition coefficient (Wildman–Crippen LogP) is 3.08. The molecule has 172 valence electrons. The number of nitrogens with one attached hydrogen (secondary N) is 3. The summed E-state index contributed by atoms with van der Waals surface area (Å²) in [5.41, 5.74) is 1.05. The van der Waals surface area contributed by atoms with E-state index in [2.05, 4.69) is 16.0 Å². The van der Waals surface area contributed by atoms with Crippen molar-refractivity contribution in [3.8, 4) is 5.69 Å². The predicted molar refractivity (Wildman–Crippen MR) is 131 cm³/mol. The number of halogens is 1. The van der Waals surface area contributed by atoms with Crippen LogP contribution in [-0.2, 0) is 0 Å². The van der Waals surface area contributed by atoms with Crippen molar-refractivity contribution in [3.63, 3.8) is 0 Å². The van der Waals surface area contributed by atoms with Crippen molar-refractivity contribution in [1.29, 1.82) is 0 Å². The lowest BCUT2D eigenvalue weighted by molar-refractivity contribution is 0.0894. The van der Waals surface area contributed by atoms with Crippen LogP contribution in [0.25, 0.3) is 5.69 Å². The highest BCUT2D eigenvalue weighted by molar-refractivity contribution is 7.18. The highest BCUT2D eigenvalue weighted by Gasteiger charge is 2.36. The molecule has 0 aliphatic heterocycles. The lowest BCUT2D eigenvalue weighted by Crippen LogP contribution is -2.48. The van der Waals surface area contributed by atoms with Crippen LogP contribution in [0.2, 0.25) is 4.34 Å². The summed E-state index contributed by atoms with van der Waals surface area (Å²) in [5, 5.41) is 9.35. The molecule has 2 heterocycles. The molecule has 1 aliphatic rings. The molecule has 1 aromatic carbocycles. The summed E-state index contributed by atoms with van der Waals surface area (Å²) >= 11 is 7.20. The Labute approximate surface area is 200 Å². The van der Waals surface area contributed by atoms with Gasteiger partial charge in [-0.05, 0) is 74.8 Å². The van der Waals surface area contributed by atoms with Gasteiger partial charge < -0.3 is 16.0 Å². The van der Waals surface area contributed by atoms with Crippen molar-refractivity contribution < 1.29 is 9.59 Å². The van der Waals surface area contributed by atoms with Crippen LogP contribution in [0, 0.1) is 5.92 Å². The second-order valence-corrected chi connectivity index (χ2v) is 9.83. The minimum absolute atomic E-state index is 0.137. The molecule has 2 aromatic heterocycles. The molecule has 0 saturated heterocycles. The molecule has 3 aromatic rings. The highest BCUT2D eigenvalue weighted by Crippen LogP contribution is 2.28. The van der Waals surface area contributed by atoms with Crippen molar-refractivity contribution in [1.82, 2.24) is 20.5 Å². The third-order valence-electron chi connectivity index (χ3n) is 5.81. The summed E-state index contributed by atoms with van der Waals surface area (Å²) in [6, 6.07) is 14.9. The first-order valence-electron chi connectivity index (χ1n) is 10.7. The Morgan fingerprint density at radius 1 is 1.00 bits per heavy atom. The van der Waals surface area contributed by atoms with E-state index in [1.54, 1.807) is 54.7 Å². The molecule has 1 fully saturated rings. The minimum atomic E-state index is -0.213. The Morgan fingerprint density at radius 3 is 2.30 bits per heavy atom. The molecule has 0 radical (unpaired) electrons. The van der Waals surface area contributed by atoms with E-state index >= 15 is 0 Å². The van der Waals surface area contributed by atoms with E-state index in [-0.39, 0.29) is 29.5 Å². The zero-order chi connectivity index (χ0) is 23.4. The molecule has 3 N–H and O–H groups in total. The van der Waals surface area contributed by atoms with Gasteiger partial charge in [-0.1, -0.05) is 17.7 Å². The molecule has 0 spiro atoms. The largest absolute Gasteiger partial charge is 0.347 e. The average Bonchev–Trinajstić information content (AvgIpc) is 3.40. The summed E-state index contributed by atoms with van der Waals surface area (Å²) in [6.07, 6.45) is 3.22. The molecule has 2 amide bonds. The fraction of sp³-hybridized carbons (Fsp3) is 0.292. The molecular formula is C24H25ClN4O3S. The van der Waals surface area contributed by atoms with Crippen molar-refractivity contribution in [2.45, 2.75) is 24.9 Å². The second-order valence-electron chi connectivity index (χ2n) is 8.11. The molecule has 4 rings (SSSR count). The number of aromatic nitrogens is 1. The molecule has 0 unspecified atom stereocenters. The van der Waals surface area contributed by atoms with Crippen LogP contribution >= 0.6 is 22.9 Å². The van der Waals surface area contributed by atoms with Crippen LogP contribution in [-0.4, -0.2) is 42.1 Å². The smallest absolute Gasteiger partial charge is 0.261 e. The molecule has 1 aliphatic carbocycles. The van der Waals surface area contributed by atoms with Gasteiger partial charge in [0.1, 0.15) is 0 Å². The lowest BCUT2D eigenvalue weighted by atomic mass is 10.1. The molecule has 3 atom stereocenters. The number of benzene rings is 1. The number of amides is 2.